The second-order valence-corrected chi connectivity index (χ2v) is 5.70. The van der Waals surface area contributed by atoms with Crippen LogP contribution in [0.2, 0.25) is 0 Å². The zero-order valence-corrected chi connectivity index (χ0v) is 11.4. The van der Waals surface area contributed by atoms with Gasteiger partial charge < -0.3 is 10.2 Å². The normalized spacial score (nSPS) is 23.6. The molecule has 0 spiro atoms. The fraction of sp³-hybridized carbons (Fsp3) is 0.625. The molecule has 3 rings (SSSR count). The Morgan fingerprint density at radius 2 is 2.06 bits per heavy atom. The van der Waals surface area contributed by atoms with E-state index in [1.807, 2.05) is 0 Å². The number of anilines is 1. The van der Waals surface area contributed by atoms with Crippen LogP contribution in [-0.4, -0.2) is 19.6 Å². The van der Waals surface area contributed by atoms with E-state index < -0.39 is 0 Å². The molecule has 2 aliphatic rings. The predicted octanol–water partition coefficient (Wildman–Crippen LogP) is 3.35. The molecule has 98 valence electrons. The molecule has 2 heteroatoms. The molecular weight excluding hydrogens is 220 g/mol. The van der Waals surface area contributed by atoms with Gasteiger partial charge in [-0.3, -0.25) is 0 Å². The number of para-hydroxylation sites is 1. The molecule has 1 aromatic carbocycles. The lowest BCUT2D eigenvalue weighted by atomic mass is 9.84. The Morgan fingerprint density at radius 1 is 1.22 bits per heavy atom. The average Bonchev–Trinajstić information content (AvgIpc) is 2.36. The van der Waals surface area contributed by atoms with Crippen LogP contribution in [0.15, 0.2) is 24.3 Å². The molecule has 0 bridgehead atoms. The molecule has 0 saturated heterocycles. The Bertz CT molecular complexity index is 398. The fourth-order valence-electron chi connectivity index (χ4n) is 3.27. The van der Waals surface area contributed by atoms with E-state index in [9.17, 15) is 0 Å². The molecule has 1 aromatic rings. The highest BCUT2D eigenvalue weighted by molar-refractivity contribution is 5.57. The van der Waals surface area contributed by atoms with Gasteiger partial charge in [-0.25, -0.2) is 0 Å². The Labute approximate surface area is 110 Å². The summed E-state index contributed by atoms with van der Waals surface area (Å²) in [6, 6.07) is 9.52. The summed E-state index contributed by atoms with van der Waals surface area (Å²) in [4.78, 5) is 2.62. The first-order chi connectivity index (χ1) is 8.88. The molecule has 1 saturated carbocycles. The number of hydrogen-bond donors (Lipinski definition) is 1. The predicted molar refractivity (Wildman–Crippen MR) is 77.0 cm³/mol. The zero-order valence-electron chi connectivity index (χ0n) is 11.4. The molecule has 1 atom stereocenters. The molecule has 2 nitrogen and oxygen atoms in total. The van der Waals surface area contributed by atoms with Gasteiger partial charge in [0.2, 0.25) is 0 Å². The number of nitrogens with one attached hydrogen (secondary N) is 1. The van der Waals surface area contributed by atoms with E-state index >= 15 is 0 Å². The van der Waals surface area contributed by atoms with Gasteiger partial charge in [0.05, 0.1) is 0 Å². The minimum Gasteiger partial charge on any atom is -0.371 e. The van der Waals surface area contributed by atoms with E-state index in [2.05, 4.69) is 41.4 Å². The third-order valence-electron chi connectivity index (χ3n) is 4.49. The molecule has 18 heavy (non-hydrogen) atoms. The summed E-state index contributed by atoms with van der Waals surface area (Å²) < 4.78 is 0. The first kappa shape index (κ1) is 12.0. The van der Waals surface area contributed by atoms with Gasteiger partial charge in [-0.1, -0.05) is 31.5 Å². The van der Waals surface area contributed by atoms with Crippen molar-refractivity contribution in [2.24, 2.45) is 5.92 Å². The van der Waals surface area contributed by atoms with Crippen LogP contribution in [0.3, 0.4) is 0 Å². The van der Waals surface area contributed by atoms with E-state index in [1.54, 1.807) is 0 Å². The zero-order chi connectivity index (χ0) is 12.4. The van der Waals surface area contributed by atoms with Gasteiger partial charge in [-0.2, -0.15) is 0 Å². The highest BCUT2D eigenvalue weighted by Crippen LogP contribution is 2.36. The Balaban J connectivity index is 1.79. The number of rotatable bonds is 4. The summed E-state index contributed by atoms with van der Waals surface area (Å²) in [5.74, 6) is 0.953. The van der Waals surface area contributed by atoms with Crippen molar-refractivity contribution in [3.05, 3.63) is 29.8 Å². The monoisotopic (exact) mass is 244 g/mol. The van der Waals surface area contributed by atoms with Crippen molar-refractivity contribution in [1.82, 2.24) is 5.32 Å². The molecule has 1 aliphatic heterocycles. The highest BCUT2D eigenvalue weighted by atomic mass is 15.2. The van der Waals surface area contributed by atoms with Crippen molar-refractivity contribution >= 4 is 5.69 Å². The van der Waals surface area contributed by atoms with Crippen LogP contribution in [0.1, 0.15) is 44.2 Å². The topological polar surface area (TPSA) is 15.3 Å². The lowest BCUT2D eigenvalue weighted by Gasteiger charge is -2.40. The number of nitrogens with zero attached hydrogens (tertiary/aromatic N) is 1. The number of benzene rings is 1. The lowest BCUT2D eigenvalue weighted by molar-refractivity contribution is 0.313. The summed E-state index contributed by atoms with van der Waals surface area (Å²) in [7, 11) is 0. The minimum absolute atomic E-state index is 0.559. The molecule has 0 aromatic heterocycles. The molecule has 0 radical (unpaired) electrons. The van der Waals surface area contributed by atoms with Gasteiger partial charge in [-0.05, 0) is 43.4 Å². The van der Waals surface area contributed by atoms with E-state index in [-0.39, 0.29) is 0 Å². The van der Waals surface area contributed by atoms with Crippen molar-refractivity contribution in [1.29, 1.82) is 0 Å². The second-order valence-electron chi connectivity index (χ2n) is 5.70. The van der Waals surface area contributed by atoms with Crippen LogP contribution >= 0.6 is 0 Å². The first-order valence-electron chi connectivity index (χ1n) is 7.45. The first-order valence-corrected chi connectivity index (χ1v) is 7.45. The van der Waals surface area contributed by atoms with Crippen molar-refractivity contribution in [3.63, 3.8) is 0 Å². The Kier molecular flexibility index (Phi) is 3.55. The summed E-state index contributed by atoms with van der Waals surface area (Å²) in [5, 5.41) is 3.62. The molecule has 1 fully saturated rings. The minimum atomic E-state index is 0.559. The van der Waals surface area contributed by atoms with Crippen LogP contribution in [-0.2, 0) is 0 Å². The highest BCUT2D eigenvalue weighted by Gasteiger charge is 2.27. The molecule has 1 N–H and O–H groups in total. The second kappa shape index (κ2) is 5.31. The third-order valence-corrected chi connectivity index (χ3v) is 4.49. The van der Waals surface area contributed by atoms with Crippen LogP contribution < -0.4 is 10.2 Å². The van der Waals surface area contributed by atoms with E-state index in [4.69, 9.17) is 0 Å². The Hall–Kier alpha value is -1.02. The smallest absolute Gasteiger partial charge is 0.0414 e. The lowest BCUT2D eigenvalue weighted by Crippen LogP contribution is -2.39. The van der Waals surface area contributed by atoms with E-state index in [1.165, 1.54) is 50.0 Å². The van der Waals surface area contributed by atoms with Gasteiger partial charge >= 0.3 is 0 Å². The van der Waals surface area contributed by atoms with Gasteiger partial charge in [-0.15, -0.1) is 0 Å². The maximum Gasteiger partial charge on any atom is 0.0414 e. The van der Waals surface area contributed by atoms with Crippen LogP contribution in [0.5, 0.6) is 0 Å². The average molecular weight is 244 g/mol. The molecule has 1 aliphatic carbocycles. The third kappa shape index (κ3) is 2.26. The van der Waals surface area contributed by atoms with Gasteiger partial charge in [0.15, 0.2) is 0 Å². The fourth-order valence-corrected chi connectivity index (χ4v) is 3.27. The standard InChI is InChI=1S/C16H24N2/c1-2-17-15-10-11-18(12-13-6-5-7-13)16-9-4-3-8-14(15)16/h3-4,8-9,13,15,17H,2,5-7,10-12H2,1H3. The number of fused-ring (bicyclic) bond motifs is 1. The Morgan fingerprint density at radius 3 is 2.78 bits per heavy atom. The van der Waals surface area contributed by atoms with Crippen molar-refractivity contribution in [3.8, 4) is 0 Å². The van der Waals surface area contributed by atoms with E-state index in [0.29, 0.717) is 6.04 Å². The van der Waals surface area contributed by atoms with Crippen LogP contribution in [0, 0.1) is 5.92 Å². The molecule has 1 heterocycles. The number of hydrogen-bond acceptors (Lipinski definition) is 2. The van der Waals surface area contributed by atoms with Crippen LogP contribution in [0.4, 0.5) is 5.69 Å². The van der Waals surface area contributed by atoms with Gasteiger partial charge in [0, 0.05) is 24.8 Å². The molecule has 0 amide bonds. The van der Waals surface area contributed by atoms with Crippen LogP contribution in [0.25, 0.3) is 0 Å². The summed E-state index contributed by atoms with van der Waals surface area (Å²) in [6.07, 6.45) is 5.57. The summed E-state index contributed by atoms with van der Waals surface area (Å²) >= 11 is 0. The maximum absolute atomic E-state index is 3.62. The largest absolute Gasteiger partial charge is 0.371 e. The van der Waals surface area contributed by atoms with Crippen molar-refractivity contribution in [2.45, 2.75) is 38.6 Å². The van der Waals surface area contributed by atoms with Crippen molar-refractivity contribution < 1.29 is 0 Å². The molecule has 1 unspecified atom stereocenters. The maximum atomic E-state index is 3.62. The summed E-state index contributed by atoms with van der Waals surface area (Å²) in [6.45, 7) is 5.74. The van der Waals surface area contributed by atoms with Gasteiger partial charge in [0.1, 0.15) is 0 Å². The quantitative estimate of drug-likeness (QED) is 0.874. The molecular formula is C16H24N2. The summed E-state index contributed by atoms with van der Waals surface area (Å²) in [5.41, 5.74) is 2.98. The van der Waals surface area contributed by atoms with Crippen molar-refractivity contribution in [2.75, 3.05) is 24.5 Å². The SMILES string of the molecule is CCNC1CCN(CC2CCC2)c2ccccc21. The van der Waals surface area contributed by atoms with Gasteiger partial charge in [0.25, 0.3) is 0 Å². The van der Waals surface area contributed by atoms with E-state index in [0.717, 1.165) is 12.5 Å².